The molecular formula is C21H22ClN5O3S. The zero-order valence-corrected chi connectivity index (χ0v) is 18.6. The summed E-state index contributed by atoms with van der Waals surface area (Å²) in [6.07, 6.45) is 0. The summed E-state index contributed by atoms with van der Waals surface area (Å²) in [5.74, 6) is 0.234. The Hall–Kier alpha value is -2.75. The monoisotopic (exact) mass is 459 g/mol. The molecule has 0 saturated carbocycles. The molecule has 1 aliphatic heterocycles. The topological polar surface area (TPSA) is 88.4 Å². The predicted molar refractivity (Wildman–Crippen MR) is 118 cm³/mol. The number of rotatable bonds is 5. The Balaban J connectivity index is 1.43. The Morgan fingerprint density at radius 3 is 2.32 bits per heavy atom. The maximum atomic E-state index is 12.9. The Morgan fingerprint density at radius 1 is 1.00 bits per heavy atom. The fourth-order valence-corrected chi connectivity index (χ4v) is 5.25. The molecule has 3 aromatic rings. The number of amides is 1. The molecule has 4 rings (SSSR count). The highest BCUT2D eigenvalue weighted by Gasteiger charge is 2.31. The van der Waals surface area contributed by atoms with Gasteiger partial charge in [0, 0.05) is 26.2 Å². The summed E-state index contributed by atoms with van der Waals surface area (Å²) < 4.78 is 28.4. The molecule has 1 aromatic heterocycles. The lowest BCUT2D eigenvalue weighted by Crippen LogP contribution is -2.51. The highest BCUT2D eigenvalue weighted by Crippen LogP contribution is 2.21. The molecule has 0 aliphatic carbocycles. The van der Waals surface area contributed by atoms with Crippen molar-refractivity contribution in [2.75, 3.05) is 26.2 Å². The third-order valence-electron chi connectivity index (χ3n) is 5.15. The number of aromatic nitrogens is 3. The average Bonchev–Trinajstić information content (AvgIpc) is 3.15. The van der Waals surface area contributed by atoms with Crippen molar-refractivity contribution >= 4 is 27.5 Å². The van der Waals surface area contributed by atoms with Gasteiger partial charge in [0.1, 0.15) is 5.82 Å². The molecular weight excluding hydrogens is 438 g/mol. The van der Waals surface area contributed by atoms with Crippen LogP contribution in [-0.2, 0) is 15.8 Å². The van der Waals surface area contributed by atoms with Crippen LogP contribution in [0.25, 0.3) is 5.69 Å². The van der Waals surface area contributed by atoms with Crippen LogP contribution in [0.15, 0.2) is 54.6 Å². The summed E-state index contributed by atoms with van der Waals surface area (Å²) in [4.78, 5) is 18.8. The van der Waals surface area contributed by atoms with Crippen molar-refractivity contribution in [3.63, 3.8) is 0 Å². The first-order valence-corrected chi connectivity index (χ1v) is 11.8. The quantitative estimate of drug-likeness (QED) is 0.585. The second kappa shape index (κ2) is 8.78. The Bertz CT molecular complexity index is 1190. The molecule has 0 spiro atoms. The number of sulfonamides is 1. The van der Waals surface area contributed by atoms with E-state index in [1.165, 1.54) is 8.99 Å². The van der Waals surface area contributed by atoms with Crippen LogP contribution in [0.5, 0.6) is 0 Å². The van der Waals surface area contributed by atoms with Gasteiger partial charge in [-0.05, 0) is 24.6 Å². The standard InChI is InChI=1S/C21H22ClN5O3S/c1-16-23-20(24-27(16)19-10-6-5-9-18(19)22)21(28)25-11-13-26(14-12-25)31(29,30)15-17-7-3-2-4-8-17/h2-10H,11-15H2,1H3. The maximum absolute atomic E-state index is 12.9. The first kappa shape index (κ1) is 21.5. The third-order valence-corrected chi connectivity index (χ3v) is 7.32. The van der Waals surface area contributed by atoms with Gasteiger partial charge in [-0.1, -0.05) is 54.1 Å². The minimum atomic E-state index is -3.45. The van der Waals surface area contributed by atoms with Crippen LogP contribution in [-0.4, -0.2) is 64.5 Å². The number of hydrogen-bond donors (Lipinski definition) is 0. The van der Waals surface area contributed by atoms with Crippen molar-refractivity contribution in [2.45, 2.75) is 12.7 Å². The lowest BCUT2D eigenvalue weighted by molar-refractivity contribution is 0.0685. The first-order valence-electron chi connectivity index (χ1n) is 9.85. The smallest absolute Gasteiger partial charge is 0.293 e. The number of piperazine rings is 1. The molecule has 2 heterocycles. The highest BCUT2D eigenvalue weighted by molar-refractivity contribution is 7.88. The number of hydrogen-bond acceptors (Lipinski definition) is 5. The molecule has 0 atom stereocenters. The Morgan fingerprint density at radius 2 is 1.65 bits per heavy atom. The summed E-state index contributed by atoms with van der Waals surface area (Å²) in [6.45, 7) is 2.80. The minimum absolute atomic E-state index is 0.0508. The average molecular weight is 460 g/mol. The van der Waals surface area contributed by atoms with Gasteiger partial charge < -0.3 is 4.90 Å². The zero-order valence-electron chi connectivity index (χ0n) is 17.0. The largest absolute Gasteiger partial charge is 0.333 e. The lowest BCUT2D eigenvalue weighted by Gasteiger charge is -2.33. The molecule has 10 heteroatoms. The molecule has 31 heavy (non-hydrogen) atoms. The maximum Gasteiger partial charge on any atom is 0.293 e. The fourth-order valence-electron chi connectivity index (χ4n) is 3.52. The second-order valence-corrected chi connectivity index (χ2v) is 9.66. The normalized spacial score (nSPS) is 15.2. The van der Waals surface area contributed by atoms with Crippen molar-refractivity contribution in [3.8, 4) is 5.69 Å². The number of para-hydroxylation sites is 1. The number of carbonyl (C=O) groups excluding carboxylic acids is 1. The molecule has 0 bridgehead atoms. The molecule has 162 valence electrons. The van der Waals surface area contributed by atoms with E-state index in [0.717, 1.165) is 5.56 Å². The predicted octanol–water partition coefficient (Wildman–Crippen LogP) is 2.52. The van der Waals surface area contributed by atoms with E-state index in [1.807, 2.05) is 30.3 Å². The van der Waals surface area contributed by atoms with E-state index >= 15 is 0 Å². The van der Waals surface area contributed by atoms with Gasteiger partial charge in [-0.2, -0.15) is 4.31 Å². The number of carbonyl (C=O) groups is 1. The van der Waals surface area contributed by atoms with E-state index in [9.17, 15) is 13.2 Å². The van der Waals surface area contributed by atoms with E-state index in [4.69, 9.17) is 11.6 Å². The third kappa shape index (κ3) is 4.63. The number of aryl methyl sites for hydroxylation is 1. The van der Waals surface area contributed by atoms with Gasteiger partial charge in [-0.25, -0.2) is 18.1 Å². The number of nitrogens with zero attached hydrogens (tertiary/aromatic N) is 5. The zero-order chi connectivity index (χ0) is 22.0. The molecule has 0 radical (unpaired) electrons. The Labute approximate surface area is 186 Å². The van der Waals surface area contributed by atoms with Crippen molar-refractivity contribution in [1.29, 1.82) is 0 Å². The number of halogens is 1. The first-order chi connectivity index (χ1) is 14.8. The fraction of sp³-hybridized carbons (Fsp3) is 0.286. The summed E-state index contributed by atoms with van der Waals surface area (Å²) in [6, 6.07) is 16.3. The molecule has 1 saturated heterocycles. The van der Waals surface area contributed by atoms with Gasteiger partial charge in [0.05, 0.1) is 16.5 Å². The van der Waals surface area contributed by atoms with Crippen molar-refractivity contribution in [3.05, 3.63) is 76.8 Å². The molecule has 0 unspecified atom stereocenters. The van der Waals surface area contributed by atoms with Crippen LogP contribution in [0.2, 0.25) is 5.02 Å². The van der Waals surface area contributed by atoms with Gasteiger partial charge in [0.2, 0.25) is 15.8 Å². The van der Waals surface area contributed by atoms with Gasteiger partial charge in [-0.15, -0.1) is 5.10 Å². The lowest BCUT2D eigenvalue weighted by atomic mass is 10.2. The second-order valence-electron chi connectivity index (χ2n) is 7.28. The van der Waals surface area contributed by atoms with Crippen LogP contribution in [0, 0.1) is 6.92 Å². The molecule has 1 aliphatic rings. The summed E-state index contributed by atoms with van der Waals surface area (Å²) >= 11 is 6.24. The van der Waals surface area contributed by atoms with E-state index < -0.39 is 10.0 Å². The van der Waals surface area contributed by atoms with Gasteiger partial charge in [-0.3, -0.25) is 4.79 Å². The van der Waals surface area contributed by atoms with E-state index in [0.29, 0.717) is 16.5 Å². The van der Waals surface area contributed by atoms with E-state index in [1.54, 1.807) is 36.1 Å². The molecule has 8 nitrogen and oxygen atoms in total. The van der Waals surface area contributed by atoms with Crippen molar-refractivity contribution in [2.24, 2.45) is 0 Å². The summed E-state index contributed by atoms with van der Waals surface area (Å²) in [7, 11) is -3.45. The van der Waals surface area contributed by atoms with Crippen LogP contribution in [0.3, 0.4) is 0 Å². The molecule has 1 amide bonds. The highest BCUT2D eigenvalue weighted by atomic mass is 35.5. The van der Waals surface area contributed by atoms with E-state index in [2.05, 4.69) is 10.1 Å². The van der Waals surface area contributed by atoms with Crippen LogP contribution >= 0.6 is 11.6 Å². The molecule has 1 fully saturated rings. The molecule has 2 aromatic carbocycles. The number of benzene rings is 2. The summed E-state index contributed by atoms with van der Waals surface area (Å²) in [5, 5.41) is 4.84. The molecule has 0 N–H and O–H groups in total. The SMILES string of the molecule is Cc1nc(C(=O)N2CCN(S(=O)(=O)Cc3ccccc3)CC2)nn1-c1ccccc1Cl. The van der Waals surface area contributed by atoms with Gasteiger partial charge in [0.25, 0.3) is 5.91 Å². The van der Waals surface area contributed by atoms with Gasteiger partial charge >= 0.3 is 0 Å². The Kier molecular flexibility index (Phi) is 6.08. The van der Waals surface area contributed by atoms with Crippen LogP contribution in [0.1, 0.15) is 22.0 Å². The van der Waals surface area contributed by atoms with Crippen LogP contribution in [0.4, 0.5) is 0 Å². The van der Waals surface area contributed by atoms with Crippen LogP contribution < -0.4 is 0 Å². The van der Waals surface area contributed by atoms with Crippen molar-refractivity contribution in [1.82, 2.24) is 24.0 Å². The van der Waals surface area contributed by atoms with Gasteiger partial charge in [0.15, 0.2) is 0 Å². The van der Waals surface area contributed by atoms with E-state index in [-0.39, 0.29) is 43.7 Å². The minimum Gasteiger partial charge on any atom is -0.333 e. The van der Waals surface area contributed by atoms with Crippen molar-refractivity contribution < 1.29 is 13.2 Å². The summed E-state index contributed by atoms with van der Waals surface area (Å²) in [5.41, 5.74) is 1.39.